The standard InChI is InChI=1S/C19H23N5O3/c1-13-12-16(22-21-13)19(26)20-15-8-10-24(11-9-15)17-5-3-2-4-14(17)6-7-18(25)23-27/h2-7,12,15,27H,8-11H2,1H3,(H,20,26)(H,21,22)(H,23,25). The van der Waals surface area contributed by atoms with Crippen molar-refractivity contribution in [1.29, 1.82) is 0 Å². The van der Waals surface area contributed by atoms with Gasteiger partial charge in [0.2, 0.25) is 0 Å². The highest BCUT2D eigenvalue weighted by Crippen LogP contribution is 2.25. The summed E-state index contributed by atoms with van der Waals surface area (Å²) in [4.78, 5) is 25.7. The fraction of sp³-hybridized carbons (Fsp3) is 0.316. The second-order valence-corrected chi connectivity index (χ2v) is 6.54. The van der Waals surface area contributed by atoms with Crippen LogP contribution in [0.3, 0.4) is 0 Å². The quantitative estimate of drug-likeness (QED) is 0.364. The summed E-state index contributed by atoms with van der Waals surface area (Å²) in [7, 11) is 0. The first kappa shape index (κ1) is 18.7. The Bertz CT molecular complexity index is 837. The fourth-order valence-electron chi connectivity index (χ4n) is 3.18. The molecule has 4 N–H and O–H groups in total. The maximum atomic E-state index is 12.2. The number of H-pyrrole nitrogens is 1. The van der Waals surface area contributed by atoms with Gasteiger partial charge in [-0.25, -0.2) is 5.48 Å². The number of aromatic nitrogens is 2. The van der Waals surface area contributed by atoms with Gasteiger partial charge in [0.1, 0.15) is 5.69 Å². The SMILES string of the molecule is Cc1cc(C(=O)NC2CCN(c3ccccc3C=CC(=O)NO)CC2)n[nH]1. The van der Waals surface area contributed by atoms with Crippen molar-refractivity contribution in [3.05, 3.63) is 53.4 Å². The van der Waals surface area contributed by atoms with Crippen molar-refractivity contribution < 1.29 is 14.8 Å². The van der Waals surface area contributed by atoms with Gasteiger partial charge in [-0.15, -0.1) is 0 Å². The largest absolute Gasteiger partial charge is 0.371 e. The lowest BCUT2D eigenvalue weighted by atomic mass is 10.0. The summed E-state index contributed by atoms with van der Waals surface area (Å²) < 4.78 is 0. The van der Waals surface area contributed by atoms with Crippen molar-refractivity contribution in [2.24, 2.45) is 0 Å². The number of benzene rings is 1. The van der Waals surface area contributed by atoms with Gasteiger partial charge in [0.05, 0.1) is 0 Å². The summed E-state index contributed by atoms with van der Waals surface area (Å²) in [5, 5.41) is 18.4. The second-order valence-electron chi connectivity index (χ2n) is 6.54. The third-order valence-corrected chi connectivity index (χ3v) is 4.57. The number of rotatable bonds is 5. The first-order valence-corrected chi connectivity index (χ1v) is 8.86. The van der Waals surface area contributed by atoms with Gasteiger partial charge >= 0.3 is 0 Å². The van der Waals surface area contributed by atoms with Gasteiger partial charge in [-0.3, -0.25) is 19.9 Å². The maximum absolute atomic E-state index is 12.2. The van der Waals surface area contributed by atoms with Gasteiger partial charge in [-0.05, 0) is 43.5 Å². The summed E-state index contributed by atoms with van der Waals surface area (Å²) in [6, 6.07) is 9.61. The average molecular weight is 369 g/mol. The van der Waals surface area contributed by atoms with E-state index < -0.39 is 5.91 Å². The number of aryl methyl sites for hydroxylation is 1. The molecule has 1 fully saturated rings. The number of para-hydroxylation sites is 1. The van der Waals surface area contributed by atoms with E-state index in [2.05, 4.69) is 20.4 Å². The minimum atomic E-state index is -0.570. The molecule has 0 saturated carbocycles. The van der Waals surface area contributed by atoms with Crippen LogP contribution < -0.4 is 15.7 Å². The number of carbonyl (C=O) groups is 2. The predicted octanol–water partition coefficient (Wildman–Crippen LogP) is 1.64. The van der Waals surface area contributed by atoms with Gasteiger partial charge in [0.25, 0.3) is 11.8 Å². The fourth-order valence-corrected chi connectivity index (χ4v) is 3.18. The number of piperidine rings is 1. The molecule has 0 unspecified atom stereocenters. The van der Waals surface area contributed by atoms with E-state index in [4.69, 9.17) is 5.21 Å². The Morgan fingerprint density at radius 1 is 1.30 bits per heavy atom. The number of hydrogen-bond acceptors (Lipinski definition) is 5. The Hall–Kier alpha value is -3.13. The molecule has 142 valence electrons. The first-order chi connectivity index (χ1) is 13.1. The zero-order valence-corrected chi connectivity index (χ0v) is 15.1. The molecule has 1 aliphatic heterocycles. The summed E-state index contributed by atoms with van der Waals surface area (Å²) in [6.07, 6.45) is 4.61. The third kappa shape index (κ3) is 4.73. The molecule has 1 saturated heterocycles. The lowest BCUT2D eigenvalue weighted by Crippen LogP contribution is -2.45. The smallest absolute Gasteiger partial charge is 0.271 e. The molecule has 1 aromatic carbocycles. The number of aromatic amines is 1. The molecule has 3 rings (SSSR count). The third-order valence-electron chi connectivity index (χ3n) is 4.57. The summed E-state index contributed by atoms with van der Waals surface area (Å²) in [5.41, 5.74) is 4.77. The average Bonchev–Trinajstić information content (AvgIpc) is 3.13. The molecule has 0 bridgehead atoms. The van der Waals surface area contributed by atoms with Crippen LogP contribution in [0.5, 0.6) is 0 Å². The number of carbonyl (C=O) groups excluding carboxylic acids is 2. The molecule has 0 spiro atoms. The summed E-state index contributed by atoms with van der Waals surface area (Å²) >= 11 is 0. The molecule has 0 radical (unpaired) electrons. The molecule has 8 heteroatoms. The van der Waals surface area contributed by atoms with Crippen LogP contribution >= 0.6 is 0 Å². The van der Waals surface area contributed by atoms with Gasteiger partial charge in [-0.2, -0.15) is 5.10 Å². The number of hydrogen-bond donors (Lipinski definition) is 4. The van der Waals surface area contributed by atoms with E-state index in [0.717, 1.165) is 42.9 Å². The van der Waals surface area contributed by atoms with Crippen LogP contribution in [-0.2, 0) is 4.79 Å². The predicted molar refractivity (Wildman–Crippen MR) is 101 cm³/mol. The molecule has 2 amide bonds. The molecule has 8 nitrogen and oxygen atoms in total. The van der Waals surface area contributed by atoms with Gasteiger partial charge in [0, 0.05) is 36.6 Å². The molecular weight excluding hydrogens is 346 g/mol. The number of nitrogens with zero attached hydrogens (tertiary/aromatic N) is 2. The van der Waals surface area contributed by atoms with Crippen molar-refractivity contribution in [2.75, 3.05) is 18.0 Å². The molecule has 27 heavy (non-hydrogen) atoms. The van der Waals surface area contributed by atoms with Crippen LogP contribution in [0.25, 0.3) is 6.08 Å². The summed E-state index contributed by atoms with van der Waals surface area (Å²) in [5.74, 6) is -0.726. The number of nitrogens with one attached hydrogen (secondary N) is 3. The highest BCUT2D eigenvalue weighted by atomic mass is 16.5. The van der Waals surface area contributed by atoms with E-state index in [1.165, 1.54) is 6.08 Å². The van der Waals surface area contributed by atoms with Gasteiger partial charge in [-0.1, -0.05) is 18.2 Å². The van der Waals surface area contributed by atoms with Crippen LogP contribution in [0.1, 0.15) is 34.6 Å². The normalized spacial score (nSPS) is 15.1. The lowest BCUT2D eigenvalue weighted by molar-refractivity contribution is -0.124. The number of anilines is 1. The van der Waals surface area contributed by atoms with E-state index in [0.29, 0.717) is 5.69 Å². The molecule has 0 atom stereocenters. The Morgan fingerprint density at radius 2 is 2.04 bits per heavy atom. The Kier molecular flexibility index (Phi) is 5.87. The van der Waals surface area contributed by atoms with Crippen LogP contribution in [0.15, 0.2) is 36.4 Å². The maximum Gasteiger partial charge on any atom is 0.271 e. The number of hydroxylamine groups is 1. The van der Waals surface area contributed by atoms with Crippen LogP contribution in [0, 0.1) is 6.92 Å². The van der Waals surface area contributed by atoms with E-state index in [1.807, 2.05) is 31.2 Å². The van der Waals surface area contributed by atoms with Crippen molar-refractivity contribution in [3.63, 3.8) is 0 Å². The minimum Gasteiger partial charge on any atom is -0.371 e. The molecule has 1 aromatic heterocycles. The molecule has 2 heterocycles. The highest BCUT2D eigenvalue weighted by molar-refractivity contribution is 5.93. The monoisotopic (exact) mass is 369 g/mol. The minimum absolute atomic E-state index is 0.105. The number of amides is 2. The van der Waals surface area contributed by atoms with E-state index >= 15 is 0 Å². The van der Waals surface area contributed by atoms with Crippen molar-refractivity contribution in [3.8, 4) is 0 Å². The molecule has 0 aliphatic carbocycles. The van der Waals surface area contributed by atoms with E-state index in [-0.39, 0.29) is 11.9 Å². The van der Waals surface area contributed by atoms with Crippen molar-refractivity contribution in [1.82, 2.24) is 21.0 Å². The Morgan fingerprint density at radius 3 is 2.70 bits per heavy atom. The van der Waals surface area contributed by atoms with E-state index in [9.17, 15) is 9.59 Å². The van der Waals surface area contributed by atoms with Crippen LogP contribution in [0.4, 0.5) is 5.69 Å². The Balaban J connectivity index is 1.60. The molecule has 1 aliphatic rings. The summed E-state index contributed by atoms with van der Waals surface area (Å²) in [6.45, 7) is 3.45. The van der Waals surface area contributed by atoms with Crippen LogP contribution in [0.2, 0.25) is 0 Å². The zero-order chi connectivity index (χ0) is 19.2. The zero-order valence-electron chi connectivity index (χ0n) is 15.1. The topological polar surface area (TPSA) is 110 Å². The van der Waals surface area contributed by atoms with Crippen LogP contribution in [-0.4, -0.2) is 46.4 Å². The lowest BCUT2D eigenvalue weighted by Gasteiger charge is -2.34. The molecular formula is C19H23N5O3. The van der Waals surface area contributed by atoms with Crippen molar-refractivity contribution in [2.45, 2.75) is 25.8 Å². The first-order valence-electron chi connectivity index (χ1n) is 8.86. The second kappa shape index (κ2) is 8.50. The van der Waals surface area contributed by atoms with Gasteiger partial charge in [0.15, 0.2) is 0 Å². The van der Waals surface area contributed by atoms with E-state index in [1.54, 1.807) is 17.6 Å². The van der Waals surface area contributed by atoms with Gasteiger partial charge < -0.3 is 10.2 Å². The Labute approximate surface area is 157 Å². The van der Waals surface area contributed by atoms with Crippen molar-refractivity contribution >= 4 is 23.6 Å². The molecule has 2 aromatic rings. The highest BCUT2D eigenvalue weighted by Gasteiger charge is 2.23.